The number of benzene rings is 1. The minimum absolute atomic E-state index is 0.0601. The lowest BCUT2D eigenvalue weighted by molar-refractivity contribution is 0.606. The fourth-order valence-electron chi connectivity index (χ4n) is 2.17. The van der Waals surface area contributed by atoms with Crippen LogP contribution in [-0.4, -0.2) is 9.55 Å². The van der Waals surface area contributed by atoms with Gasteiger partial charge in [-0.05, 0) is 37.5 Å². The monoisotopic (exact) mass is 247 g/mol. The maximum atomic E-state index is 13.6. The maximum absolute atomic E-state index is 13.6. The number of hydrogen-bond donors (Lipinski definition) is 1. The van der Waals surface area contributed by atoms with Gasteiger partial charge in [0.1, 0.15) is 5.82 Å². The lowest BCUT2D eigenvalue weighted by atomic mass is 10.1. The number of aryl methyl sites for hydroxylation is 2. The molecule has 1 heterocycles. The molecular weight excluding hydrogens is 229 g/mol. The Hall–Kier alpha value is -1.68. The van der Waals surface area contributed by atoms with E-state index < -0.39 is 0 Å². The maximum Gasteiger partial charge on any atom is 0.129 e. The number of imidazole rings is 1. The lowest BCUT2D eigenvalue weighted by Crippen LogP contribution is -2.12. The third-order valence-corrected chi connectivity index (χ3v) is 3.06. The van der Waals surface area contributed by atoms with Crippen molar-refractivity contribution >= 4 is 0 Å². The molecule has 0 radical (unpaired) electrons. The van der Waals surface area contributed by atoms with E-state index in [4.69, 9.17) is 5.73 Å². The zero-order chi connectivity index (χ0) is 13.3. The van der Waals surface area contributed by atoms with Gasteiger partial charge in [-0.3, -0.25) is 0 Å². The van der Waals surface area contributed by atoms with Crippen molar-refractivity contribution in [1.82, 2.24) is 9.55 Å². The molecule has 96 valence electrons. The zero-order valence-electron chi connectivity index (χ0n) is 10.9. The average Bonchev–Trinajstić information content (AvgIpc) is 2.74. The van der Waals surface area contributed by atoms with Crippen molar-refractivity contribution in [2.45, 2.75) is 33.4 Å². The summed E-state index contributed by atoms with van der Waals surface area (Å²) in [7, 11) is 0. The third-order valence-electron chi connectivity index (χ3n) is 3.06. The van der Waals surface area contributed by atoms with Crippen LogP contribution < -0.4 is 5.73 Å². The Kier molecular flexibility index (Phi) is 3.48. The number of hydrogen-bond acceptors (Lipinski definition) is 2. The topological polar surface area (TPSA) is 43.8 Å². The first-order valence-electron chi connectivity index (χ1n) is 6.00. The standard InChI is InChI=1S/C14H18FN3/c1-9-4-12(5-10(2)14(9)15)7-18-8-17-6-13(18)11(3)16/h4-6,8,11H,7,16H2,1-3H3. The van der Waals surface area contributed by atoms with Gasteiger partial charge in [0.15, 0.2) is 0 Å². The Morgan fingerprint density at radius 3 is 2.50 bits per heavy atom. The van der Waals surface area contributed by atoms with Gasteiger partial charge in [0, 0.05) is 18.8 Å². The van der Waals surface area contributed by atoms with E-state index in [0.29, 0.717) is 17.7 Å². The van der Waals surface area contributed by atoms with E-state index in [1.165, 1.54) is 0 Å². The Bertz CT molecular complexity index is 535. The third kappa shape index (κ3) is 2.43. The van der Waals surface area contributed by atoms with Crippen molar-refractivity contribution in [2.75, 3.05) is 0 Å². The van der Waals surface area contributed by atoms with Crippen LogP contribution in [-0.2, 0) is 6.54 Å². The van der Waals surface area contributed by atoms with E-state index in [1.54, 1.807) is 26.4 Å². The van der Waals surface area contributed by atoms with Gasteiger partial charge in [0.25, 0.3) is 0 Å². The summed E-state index contributed by atoms with van der Waals surface area (Å²) in [5, 5.41) is 0. The Morgan fingerprint density at radius 1 is 1.33 bits per heavy atom. The number of halogens is 1. The Balaban J connectivity index is 2.32. The van der Waals surface area contributed by atoms with Crippen LogP contribution in [0.15, 0.2) is 24.7 Å². The fourth-order valence-corrected chi connectivity index (χ4v) is 2.17. The molecule has 1 aromatic heterocycles. The number of nitrogens with two attached hydrogens (primary N) is 1. The predicted octanol–water partition coefficient (Wildman–Crippen LogP) is 2.71. The van der Waals surface area contributed by atoms with E-state index in [9.17, 15) is 4.39 Å². The minimum Gasteiger partial charge on any atom is -0.329 e. The molecule has 0 fully saturated rings. The summed E-state index contributed by atoms with van der Waals surface area (Å²) in [4.78, 5) is 4.11. The van der Waals surface area contributed by atoms with E-state index in [2.05, 4.69) is 4.98 Å². The lowest BCUT2D eigenvalue weighted by Gasteiger charge is -2.12. The molecule has 2 aromatic rings. The van der Waals surface area contributed by atoms with Crippen molar-refractivity contribution in [2.24, 2.45) is 5.73 Å². The summed E-state index contributed by atoms with van der Waals surface area (Å²) in [5.41, 5.74) is 9.27. The molecule has 0 spiro atoms. The molecule has 0 amide bonds. The molecule has 0 saturated heterocycles. The zero-order valence-corrected chi connectivity index (χ0v) is 10.9. The van der Waals surface area contributed by atoms with Gasteiger partial charge in [0.2, 0.25) is 0 Å². The highest BCUT2D eigenvalue weighted by Gasteiger charge is 2.09. The molecule has 18 heavy (non-hydrogen) atoms. The van der Waals surface area contributed by atoms with Crippen LogP contribution in [0.4, 0.5) is 4.39 Å². The molecule has 0 bridgehead atoms. The molecule has 3 nitrogen and oxygen atoms in total. The van der Waals surface area contributed by atoms with Crippen LogP contribution in [0.25, 0.3) is 0 Å². The van der Waals surface area contributed by atoms with Crippen LogP contribution in [0.3, 0.4) is 0 Å². The first-order chi connectivity index (χ1) is 8.49. The van der Waals surface area contributed by atoms with Crippen LogP contribution in [0.1, 0.15) is 35.3 Å². The van der Waals surface area contributed by atoms with Crippen molar-refractivity contribution in [3.63, 3.8) is 0 Å². The molecule has 0 aliphatic heterocycles. The van der Waals surface area contributed by atoms with Crippen LogP contribution in [0, 0.1) is 19.7 Å². The van der Waals surface area contributed by atoms with E-state index in [1.807, 2.05) is 23.6 Å². The summed E-state index contributed by atoms with van der Waals surface area (Å²) in [5.74, 6) is -0.128. The average molecular weight is 247 g/mol. The van der Waals surface area contributed by atoms with Gasteiger partial charge in [-0.1, -0.05) is 12.1 Å². The van der Waals surface area contributed by atoms with Crippen LogP contribution in [0.5, 0.6) is 0 Å². The number of aromatic nitrogens is 2. The first kappa shape index (κ1) is 12.8. The smallest absolute Gasteiger partial charge is 0.129 e. The Morgan fingerprint density at radius 2 is 1.94 bits per heavy atom. The number of nitrogens with zero attached hydrogens (tertiary/aromatic N) is 2. The summed E-state index contributed by atoms with van der Waals surface area (Å²) >= 11 is 0. The van der Waals surface area contributed by atoms with E-state index >= 15 is 0 Å². The molecule has 2 N–H and O–H groups in total. The molecule has 4 heteroatoms. The quantitative estimate of drug-likeness (QED) is 0.906. The van der Waals surface area contributed by atoms with Crippen molar-refractivity contribution in [1.29, 1.82) is 0 Å². The highest BCUT2D eigenvalue weighted by molar-refractivity contribution is 5.30. The second-order valence-corrected chi connectivity index (χ2v) is 4.78. The van der Waals surface area contributed by atoms with E-state index in [0.717, 1.165) is 11.3 Å². The van der Waals surface area contributed by atoms with Gasteiger partial charge in [-0.25, -0.2) is 9.37 Å². The summed E-state index contributed by atoms with van der Waals surface area (Å²) in [6.45, 7) is 6.16. The number of rotatable bonds is 3. The van der Waals surface area contributed by atoms with E-state index in [-0.39, 0.29) is 11.9 Å². The molecule has 0 aliphatic carbocycles. The highest BCUT2D eigenvalue weighted by atomic mass is 19.1. The Labute approximate surface area is 106 Å². The van der Waals surface area contributed by atoms with Gasteiger partial charge in [-0.15, -0.1) is 0 Å². The second-order valence-electron chi connectivity index (χ2n) is 4.78. The summed E-state index contributed by atoms with van der Waals surface area (Å²) in [6, 6.07) is 3.68. The molecule has 1 atom stereocenters. The second kappa shape index (κ2) is 4.90. The minimum atomic E-state index is -0.128. The predicted molar refractivity (Wildman–Crippen MR) is 69.8 cm³/mol. The highest BCUT2D eigenvalue weighted by Crippen LogP contribution is 2.17. The fraction of sp³-hybridized carbons (Fsp3) is 0.357. The van der Waals surface area contributed by atoms with Gasteiger partial charge < -0.3 is 10.3 Å². The van der Waals surface area contributed by atoms with Crippen molar-refractivity contribution in [3.05, 3.63) is 52.9 Å². The molecule has 0 aliphatic rings. The van der Waals surface area contributed by atoms with Gasteiger partial charge in [-0.2, -0.15) is 0 Å². The van der Waals surface area contributed by atoms with Crippen molar-refractivity contribution in [3.8, 4) is 0 Å². The molecule has 1 unspecified atom stereocenters. The van der Waals surface area contributed by atoms with Crippen LogP contribution in [0.2, 0.25) is 0 Å². The molecule has 2 rings (SSSR count). The normalized spacial score (nSPS) is 12.7. The molecular formula is C14H18FN3. The summed E-state index contributed by atoms with van der Waals surface area (Å²) < 4.78 is 15.6. The molecule has 1 aromatic carbocycles. The SMILES string of the molecule is Cc1cc(Cn2cncc2C(C)N)cc(C)c1F. The van der Waals surface area contributed by atoms with Crippen LogP contribution >= 0.6 is 0 Å². The van der Waals surface area contributed by atoms with Gasteiger partial charge in [0.05, 0.1) is 12.0 Å². The largest absolute Gasteiger partial charge is 0.329 e. The summed E-state index contributed by atoms with van der Waals surface area (Å²) in [6.07, 6.45) is 3.53. The van der Waals surface area contributed by atoms with Gasteiger partial charge >= 0.3 is 0 Å². The molecule has 0 saturated carbocycles. The van der Waals surface area contributed by atoms with Crippen molar-refractivity contribution < 1.29 is 4.39 Å². The first-order valence-corrected chi connectivity index (χ1v) is 6.00.